The molecule has 21 heavy (non-hydrogen) atoms. The average molecular weight is 359 g/mol. The Morgan fingerprint density at radius 2 is 2.14 bits per heavy atom. The van der Waals surface area contributed by atoms with E-state index in [2.05, 4.69) is 26.6 Å². The molecular weight excluding hydrogens is 342 g/mol. The third kappa shape index (κ3) is 6.05. The molecule has 114 valence electrons. The Hall–Kier alpha value is -1.73. The fourth-order valence-corrected chi connectivity index (χ4v) is 1.74. The maximum Gasteiger partial charge on any atom is 0.159 e. The van der Waals surface area contributed by atoms with Gasteiger partial charge in [0.2, 0.25) is 0 Å². The highest BCUT2D eigenvalue weighted by molar-refractivity contribution is 9.11. The molecule has 0 aliphatic heterocycles. The second-order valence-electron chi connectivity index (χ2n) is 4.24. The summed E-state index contributed by atoms with van der Waals surface area (Å²) in [5, 5.41) is 13.6. The van der Waals surface area contributed by atoms with Gasteiger partial charge in [0.15, 0.2) is 11.6 Å². The second-order valence-corrected chi connectivity index (χ2v) is 5.15. The van der Waals surface area contributed by atoms with Gasteiger partial charge in [-0.15, -0.1) is 0 Å². The molecule has 5 N–H and O–H groups in total. The van der Waals surface area contributed by atoms with E-state index in [1.807, 2.05) is 0 Å². The van der Waals surface area contributed by atoms with Crippen LogP contribution in [0.25, 0.3) is 0 Å². The molecule has 1 aromatic carbocycles. The standard InChI is InChI=1S/C14H17BrF2N4/c1-20-5-4-10(15)8-21-14(19)7-13(18)9-2-3-11(16)12(17)6-9/h2-6,8,14,18,20-21H,7,19H2,1H3/b5-4+,10-8+,18-13?. The largest absolute Gasteiger partial charge is 0.394 e. The van der Waals surface area contributed by atoms with Crippen molar-refractivity contribution in [1.82, 2.24) is 10.6 Å². The quantitative estimate of drug-likeness (QED) is 0.344. The van der Waals surface area contributed by atoms with Gasteiger partial charge < -0.3 is 21.8 Å². The van der Waals surface area contributed by atoms with E-state index < -0.39 is 17.8 Å². The number of hydrogen-bond acceptors (Lipinski definition) is 4. The van der Waals surface area contributed by atoms with E-state index in [1.165, 1.54) is 6.07 Å². The van der Waals surface area contributed by atoms with E-state index in [4.69, 9.17) is 11.1 Å². The van der Waals surface area contributed by atoms with E-state index >= 15 is 0 Å². The first-order chi connectivity index (χ1) is 9.93. The maximum atomic E-state index is 13.1. The van der Waals surface area contributed by atoms with Crippen molar-refractivity contribution in [3.8, 4) is 0 Å². The van der Waals surface area contributed by atoms with Gasteiger partial charge in [0.25, 0.3) is 0 Å². The Labute approximate surface area is 130 Å². The van der Waals surface area contributed by atoms with E-state index in [-0.39, 0.29) is 12.1 Å². The second kappa shape index (κ2) is 8.53. The summed E-state index contributed by atoms with van der Waals surface area (Å²) in [5.41, 5.74) is 6.27. The first kappa shape index (κ1) is 17.3. The summed E-state index contributed by atoms with van der Waals surface area (Å²) < 4.78 is 26.7. The van der Waals surface area contributed by atoms with Gasteiger partial charge in [-0.25, -0.2) is 8.78 Å². The molecule has 0 aromatic heterocycles. The highest BCUT2D eigenvalue weighted by Crippen LogP contribution is 2.11. The van der Waals surface area contributed by atoms with Crippen LogP contribution in [-0.4, -0.2) is 18.9 Å². The van der Waals surface area contributed by atoms with Gasteiger partial charge in [-0.1, -0.05) is 6.07 Å². The van der Waals surface area contributed by atoms with Crippen LogP contribution in [0.15, 0.2) is 41.2 Å². The molecule has 0 saturated carbocycles. The van der Waals surface area contributed by atoms with Crippen LogP contribution in [-0.2, 0) is 0 Å². The van der Waals surface area contributed by atoms with E-state index in [0.717, 1.165) is 16.6 Å². The van der Waals surface area contributed by atoms with Crippen LogP contribution in [0.1, 0.15) is 12.0 Å². The van der Waals surface area contributed by atoms with Crippen LogP contribution in [0, 0.1) is 17.0 Å². The average Bonchev–Trinajstić information content (AvgIpc) is 2.45. The summed E-state index contributed by atoms with van der Waals surface area (Å²) in [5.74, 6) is -1.91. The van der Waals surface area contributed by atoms with Crippen molar-refractivity contribution in [3.63, 3.8) is 0 Å². The molecule has 0 heterocycles. The van der Waals surface area contributed by atoms with E-state index in [9.17, 15) is 8.78 Å². The minimum absolute atomic E-state index is 0.129. The molecular formula is C14H17BrF2N4. The van der Waals surface area contributed by atoms with Gasteiger partial charge in [0.1, 0.15) is 0 Å². The summed E-state index contributed by atoms with van der Waals surface area (Å²) in [6.07, 6.45) is 4.83. The summed E-state index contributed by atoms with van der Waals surface area (Å²) in [4.78, 5) is 0. The predicted molar refractivity (Wildman–Crippen MR) is 84.1 cm³/mol. The molecule has 4 nitrogen and oxygen atoms in total. The third-order valence-electron chi connectivity index (χ3n) is 2.54. The number of rotatable bonds is 7. The van der Waals surface area contributed by atoms with Crippen molar-refractivity contribution in [3.05, 3.63) is 58.4 Å². The number of hydrogen-bond donors (Lipinski definition) is 4. The summed E-state index contributed by atoms with van der Waals surface area (Å²) in [6.45, 7) is 0. The van der Waals surface area contributed by atoms with E-state index in [1.54, 1.807) is 25.5 Å². The third-order valence-corrected chi connectivity index (χ3v) is 3.03. The van der Waals surface area contributed by atoms with Crippen LogP contribution >= 0.6 is 15.9 Å². The Morgan fingerprint density at radius 3 is 2.76 bits per heavy atom. The highest BCUT2D eigenvalue weighted by Gasteiger charge is 2.10. The summed E-state index contributed by atoms with van der Waals surface area (Å²) in [6, 6.07) is 3.35. The van der Waals surface area contributed by atoms with Crippen LogP contribution in [0.5, 0.6) is 0 Å². The topological polar surface area (TPSA) is 73.9 Å². The van der Waals surface area contributed by atoms with Crippen LogP contribution in [0.3, 0.4) is 0 Å². The van der Waals surface area contributed by atoms with Gasteiger partial charge >= 0.3 is 0 Å². The molecule has 0 radical (unpaired) electrons. The molecule has 0 bridgehead atoms. The van der Waals surface area contributed by atoms with Crippen molar-refractivity contribution in [2.24, 2.45) is 5.73 Å². The Balaban J connectivity index is 2.58. The zero-order chi connectivity index (χ0) is 15.8. The number of halogens is 3. The lowest BCUT2D eigenvalue weighted by Gasteiger charge is -2.13. The summed E-state index contributed by atoms with van der Waals surface area (Å²) >= 11 is 3.31. The number of nitrogens with one attached hydrogen (secondary N) is 3. The molecule has 1 rings (SSSR count). The smallest absolute Gasteiger partial charge is 0.159 e. The normalized spacial score (nSPS) is 13.3. The van der Waals surface area contributed by atoms with Crippen LogP contribution in [0.2, 0.25) is 0 Å². The fourth-order valence-electron chi connectivity index (χ4n) is 1.48. The zero-order valence-corrected chi connectivity index (χ0v) is 13.0. The molecule has 0 spiro atoms. The van der Waals surface area contributed by atoms with Crippen LogP contribution < -0.4 is 16.4 Å². The van der Waals surface area contributed by atoms with Crippen LogP contribution in [0.4, 0.5) is 8.78 Å². The SMILES string of the molecule is CN/C=C/C(Br)=C\NC(N)CC(=N)c1ccc(F)c(F)c1. The van der Waals surface area contributed by atoms with Gasteiger partial charge in [-0.05, 0) is 45.9 Å². The van der Waals surface area contributed by atoms with Gasteiger partial charge in [-0.2, -0.15) is 0 Å². The molecule has 0 fully saturated rings. The minimum Gasteiger partial charge on any atom is -0.394 e. The molecule has 0 saturated heterocycles. The molecule has 0 aliphatic carbocycles. The lowest BCUT2D eigenvalue weighted by atomic mass is 10.1. The first-order valence-electron chi connectivity index (χ1n) is 6.18. The van der Waals surface area contributed by atoms with E-state index in [0.29, 0.717) is 5.56 Å². The number of nitrogens with two attached hydrogens (primary N) is 1. The lowest BCUT2D eigenvalue weighted by molar-refractivity contribution is 0.508. The fraction of sp³-hybridized carbons (Fsp3) is 0.214. The lowest BCUT2D eigenvalue weighted by Crippen LogP contribution is -2.36. The van der Waals surface area contributed by atoms with Gasteiger partial charge in [0.05, 0.1) is 6.17 Å². The van der Waals surface area contributed by atoms with Gasteiger partial charge in [-0.3, -0.25) is 0 Å². The zero-order valence-electron chi connectivity index (χ0n) is 11.5. The highest BCUT2D eigenvalue weighted by atomic mass is 79.9. The predicted octanol–water partition coefficient (Wildman–Crippen LogP) is 2.57. The number of benzene rings is 1. The monoisotopic (exact) mass is 358 g/mol. The Bertz CT molecular complexity index is 558. The maximum absolute atomic E-state index is 13.1. The van der Waals surface area contributed by atoms with Crippen molar-refractivity contribution in [2.75, 3.05) is 7.05 Å². The van der Waals surface area contributed by atoms with Crippen molar-refractivity contribution < 1.29 is 8.78 Å². The van der Waals surface area contributed by atoms with Gasteiger partial charge in [0, 0.05) is 29.9 Å². The first-order valence-corrected chi connectivity index (χ1v) is 6.97. The van der Waals surface area contributed by atoms with Crippen molar-refractivity contribution in [2.45, 2.75) is 12.6 Å². The summed E-state index contributed by atoms with van der Waals surface area (Å²) in [7, 11) is 1.78. The number of allylic oxidation sites excluding steroid dienone is 2. The molecule has 0 amide bonds. The Morgan fingerprint density at radius 1 is 1.43 bits per heavy atom. The molecule has 1 atom stereocenters. The van der Waals surface area contributed by atoms with Crippen molar-refractivity contribution >= 4 is 21.6 Å². The molecule has 1 unspecified atom stereocenters. The van der Waals surface area contributed by atoms with Crippen molar-refractivity contribution in [1.29, 1.82) is 5.41 Å². The Kier molecular flexibility index (Phi) is 7.04. The molecule has 1 aromatic rings. The molecule has 0 aliphatic rings. The minimum atomic E-state index is -0.973. The molecule has 7 heteroatoms.